The van der Waals surface area contributed by atoms with Crippen molar-refractivity contribution < 1.29 is 13.6 Å². The number of benzene rings is 1. The van der Waals surface area contributed by atoms with Crippen molar-refractivity contribution >= 4 is 11.6 Å². The largest absolute Gasteiger partial charge is 0.369 e. The fourth-order valence-corrected chi connectivity index (χ4v) is 2.12. The molecule has 4 nitrogen and oxygen atoms in total. The van der Waals surface area contributed by atoms with Crippen LogP contribution in [0.1, 0.15) is 12.5 Å². The molecule has 0 fully saturated rings. The van der Waals surface area contributed by atoms with E-state index in [4.69, 9.17) is 0 Å². The lowest BCUT2D eigenvalue weighted by atomic mass is 10.1. The molecule has 0 heterocycles. The molecule has 20 heavy (non-hydrogen) atoms. The standard InChI is InChI=1S/C14H21F2N3O/c1-9(14(20)18-3)8-19(4)13-11(15)5-10(7-17-2)6-12(13)16/h5-6,9,17H,7-8H2,1-4H3,(H,18,20). The second-order valence-corrected chi connectivity index (χ2v) is 4.83. The molecule has 1 amide bonds. The van der Waals surface area contributed by atoms with Crippen LogP contribution in [-0.2, 0) is 11.3 Å². The van der Waals surface area contributed by atoms with Crippen LogP contribution in [0.2, 0.25) is 0 Å². The van der Waals surface area contributed by atoms with Gasteiger partial charge in [0.2, 0.25) is 5.91 Å². The average molecular weight is 285 g/mol. The van der Waals surface area contributed by atoms with Gasteiger partial charge in [-0.3, -0.25) is 4.79 Å². The molecule has 0 radical (unpaired) electrons. The smallest absolute Gasteiger partial charge is 0.224 e. The number of nitrogens with one attached hydrogen (secondary N) is 2. The maximum atomic E-state index is 14.0. The predicted octanol–water partition coefficient (Wildman–Crippen LogP) is 1.50. The molecule has 0 aliphatic carbocycles. The van der Waals surface area contributed by atoms with E-state index in [1.807, 2.05) is 0 Å². The zero-order valence-electron chi connectivity index (χ0n) is 12.3. The van der Waals surface area contributed by atoms with Gasteiger partial charge in [0, 0.05) is 27.2 Å². The molecule has 0 aliphatic rings. The Labute approximate surface area is 118 Å². The summed E-state index contributed by atoms with van der Waals surface area (Å²) >= 11 is 0. The molecule has 2 N–H and O–H groups in total. The summed E-state index contributed by atoms with van der Waals surface area (Å²) in [6.45, 7) is 2.34. The molecule has 1 aromatic rings. The number of hydrogen-bond donors (Lipinski definition) is 2. The van der Waals surface area contributed by atoms with Crippen LogP contribution in [0.3, 0.4) is 0 Å². The number of rotatable bonds is 6. The zero-order chi connectivity index (χ0) is 15.3. The van der Waals surface area contributed by atoms with Gasteiger partial charge in [-0.25, -0.2) is 8.78 Å². The molecule has 0 saturated carbocycles. The highest BCUT2D eigenvalue weighted by Gasteiger charge is 2.19. The second-order valence-electron chi connectivity index (χ2n) is 4.83. The SMILES string of the molecule is CNCc1cc(F)c(N(C)CC(C)C(=O)NC)c(F)c1. The number of carbonyl (C=O) groups is 1. The summed E-state index contributed by atoms with van der Waals surface area (Å²) in [5, 5.41) is 5.36. The summed E-state index contributed by atoms with van der Waals surface area (Å²) in [6.07, 6.45) is 0. The zero-order valence-corrected chi connectivity index (χ0v) is 12.3. The van der Waals surface area contributed by atoms with E-state index in [0.29, 0.717) is 12.1 Å². The highest BCUT2D eigenvalue weighted by atomic mass is 19.1. The van der Waals surface area contributed by atoms with Crippen LogP contribution < -0.4 is 15.5 Å². The Morgan fingerprint density at radius 1 is 1.30 bits per heavy atom. The predicted molar refractivity (Wildman–Crippen MR) is 75.6 cm³/mol. The van der Waals surface area contributed by atoms with Gasteiger partial charge in [-0.05, 0) is 24.7 Å². The minimum absolute atomic E-state index is 0.111. The van der Waals surface area contributed by atoms with Crippen LogP contribution in [-0.4, -0.2) is 33.6 Å². The van der Waals surface area contributed by atoms with Gasteiger partial charge in [0.1, 0.15) is 17.3 Å². The molecule has 0 spiro atoms. The van der Waals surface area contributed by atoms with Crippen LogP contribution >= 0.6 is 0 Å². The molecule has 0 saturated heterocycles. The second kappa shape index (κ2) is 7.19. The van der Waals surface area contributed by atoms with E-state index in [1.165, 1.54) is 24.1 Å². The Morgan fingerprint density at radius 2 is 1.85 bits per heavy atom. The monoisotopic (exact) mass is 285 g/mol. The molecule has 6 heteroatoms. The van der Waals surface area contributed by atoms with Crippen molar-refractivity contribution in [3.8, 4) is 0 Å². The third-order valence-electron chi connectivity index (χ3n) is 3.08. The molecule has 1 rings (SSSR count). The van der Waals surface area contributed by atoms with Gasteiger partial charge in [0.05, 0.1) is 5.92 Å². The number of hydrogen-bond acceptors (Lipinski definition) is 3. The highest BCUT2D eigenvalue weighted by Crippen LogP contribution is 2.24. The van der Waals surface area contributed by atoms with Gasteiger partial charge in [-0.15, -0.1) is 0 Å². The van der Waals surface area contributed by atoms with Crippen molar-refractivity contribution in [1.82, 2.24) is 10.6 Å². The Hall–Kier alpha value is -1.69. The summed E-state index contributed by atoms with van der Waals surface area (Å²) < 4.78 is 28.0. The van der Waals surface area contributed by atoms with Crippen molar-refractivity contribution in [3.05, 3.63) is 29.3 Å². The van der Waals surface area contributed by atoms with E-state index < -0.39 is 11.6 Å². The topological polar surface area (TPSA) is 44.4 Å². The summed E-state index contributed by atoms with van der Waals surface area (Å²) in [6, 6.07) is 2.60. The van der Waals surface area contributed by atoms with E-state index in [-0.39, 0.29) is 24.1 Å². The minimum atomic E-state index is -0.623. The molecule has 1 aromatic carbocycles. The number of carbonyl (C=O) groups excluding carboxylic acids is 1. The quantitative estimate of drug-likeness (QED) is 0.832. The Bertz CT molecular complexity index is 456. The molecule has 0 bridgehead atoms. The Kier molecular flexibility index (Phi) is 5.88. The lowest BCUT2D eigenvalue weighted by Gasteiger charge is -2.24. The number of nitrogens with zero attached hydrogens (tertiary/aromatic N) is 1. The van der Waals surface area contributed by atoms with E-state index in [2.05, 4.69) is 10.6 Å². The van der Waals surface area contributed by atoms with Gasteiger partial charge in [0.15, 0.2) is 0 Å². The van der Waals surface area contributed by atoms with E-state index in [0.717, 1.165) is 0 Å². The van der Waals surface area contributed by atoms with E-state index >= 15 is 0 Å². The van der Waals surface area contributed by atoms with Crippen LogP contribution in [0.4, 0.5) is 14.5 Å². The first kappa shape index (κ1) is 16.4. The maximum Gasteiger partial charge on any atom is 0.224 e. The first-order chi connectivity index (χ1) is 9.40. The van der Waals surface area contributed by atoms with Crippen molar-refractivity contribution in [2.24, 2.45) is 5.92 Å². The van der Waals surface area contributed by atoms with Gasteiger partial charge in [-0.1, -0.05) is 6.92 Å². The molecule has 1 unspecified atom stereocenters. The molecule has 0 aromatic heterocycles. The van der Waals surface area contributed by atoms with Crippen molar-refractivity contribution in [2.45, 2.75) is 13.5 Å². The molecule has 1 atom stereocenters. The average Bonchev–Trinajstić information content (AvgIpc) is 2.37. The van der Waals surface area contributed by atoms with Crippen LogP contribution in [0.25, 0.3) is 0 Å². The lowest BCUT2D eigenvalue weighted by molar-refractivity contribution is -0.123. The van der Waals surface area contributed by atoms with E-state index in [1.54, 1.807) is 21.0 Å². The van der Waals surface area contributed by atoms with Gasteiger partial charge in [0.25, 0.3) is 0 Å². The van der Waals surface area contributed by atoms with Crippen molar-refractivity contribution in [2.75, 3.05) is 32.6 Å². The summed E-state index contributed by atoms with van der Waals surface area (Å²) in [5.41, 5.74) is 0.430. The van der Waals surface area contributed by atoms with Crippen LogP contribution in [0.15, 0.2) is 12.1 Å². The van der Waals surface area contributed by atoms with Gasteiger partial charge in [-0.2, -0.15) is 0 Å². The highest BCUT2D eigenvalue weighted by molar-refractivity contribution is 5.78. The van der Waals surface area contributed by atoms with Gasteiger partial charge >= 0.3 is 0 Å². The number of halogens is 2. The maximum absolute atomic E-state index is 14.0. The fraction of sp³-hybridized carbons (Fsp3) is 0.500. The summed E-state index contributed by atoms with van der Waals surface area (Å²) in [5.74, 6) is -1.77. The summed E-state index contributed by atoms with van der Waals surface area (Å²) in [7, 11) is 4.81. The fourth-order valence-electron chi connectivity index (χ4n) is 2.12. The normalized spacial score (nSPS) is 12.1. The van der Waals surface area contributed by atoms with Crippen LogP contribution in [0, 0.1) is 17.6 Å². The number of amides is 1. The third kappa shape index (κ3) is 3.90. The Morgan fingerprint density at radius 3 is 2.30 bits per heavy atom. The van der Waals surface area contributed by atoms with Crippen molar-refractivity contribution in [3.63, 3.8) is 0 Å². The van der Waals surface area contributed by atoms with Crippen LogP contribution in [0.5, 0.6) is 0 Å². The summed E-state index contributed by atoms with van der Waals surface area (Å²) in [4.78, 5) is 12.9. The van der Waals surface area contributed by atoms with Gasteiger partial charge < -0.3 is 15.5 Å². The number of anilines is 1. The first-order valence-corrected chi connectivity index (χ1v) is 6.46. The minimum Gasteiger partial charge on any atom is -0.369 e. The molecule has 112 valence electrons. The molecule has 0 aliphatic heterocycles. The first-order valence-electron chi connectivity index (χ1n) is 6.46. The van der Waals surface area contributed by atoms with Crippen molar-refractivity contribution in [1.29, 1.82) is 0 Å². The molecular formula is C14H21F2N3O. The third-order valence-corrected chi connectivity index (χ3v) is 3.08. The van der Waals surface area contributed by atoms with E-state index in [9.17, 15) is 13.6 Å². The molecular weight excluding hydrogens is 264 g/mol. The lowest BCUT2D eigenvalue weighted by Crippen LogP contribution is -2.35. The Balaban J connectivity index is 2.93.